The first-order chi connectivity index (χ1) is 6.88. The lowest BCUT2D eigenvalue weighted by atomic mass is 10.0. The second-order valence-corrected chi connectivity index (χ2v) is 2.98. The first kappa shape index (κ1) is 12.0. The highest BCUT2D eigenvalue weighted by Gasteiger charge is 2.38. The highest BCUT2D eigenvalue weighted by Crippen LogP contribution is 2.34. The van der Waals surface area contributed by atoms with Gasteiger partial charge in [0.25, 0.3) is 0 Å². The second kappa shape index (κ2) is 4.18. The molecule has 0 fully saturated rings. The van der Waals surface area contributed by atoms with Crippen molar-refractivity contribution in [3.63, 3.8) is 0 Å². The standard InChI is InChI=1S/C9H5ClF4O/c10-4-7(15)5-2-1-3-6(11)8(5)9(12,13)14/h1-3H,4H2. The van der Waals surface area contributed by atoms with Crippen molar-refractivity contribution in [2.24, 2.45) is 0 Å². The molecular formula is C9H5ClF4O. The number of benzene rings is 1. The summed E-state index contributed by atoms with van der Waals surface area (Å²) in [6, 6.07) is 2.58. The quantitative estimate of drug-likeness (QED) is 0.441. The van der Waals surface area contributed by atoms with Crippen LogP contribution >= 0.6 is 11.6 Å². The first-order valence-electron chi connectivity index (χ1n) is 3.82. The molecule has 1 rings (SSSR count). The lowest BCUT2D eigenvalue weighted by molar-refractivity contribution is -0.140. The van der Waals surface area contributed by atoms with E-state index < -0.39 is 34.8 Å². The van der Waals surface area contributed by atoms with Gasteiger partial charge in [0.2, 0.25) is 0 Å². The van der Waals surface area contributed by atoms with Crippen molar-refractivity contribution >= 4 is 17.4 Å². The van der Waals surface area contributed by atoms with Crippen molar-refractivity contribution in [1.29, 1.82) is 0 Å². The van der Waals surface area contributed by atoms with Crippen molar-refractivity contribution in [2.75, 3.05) is 5.88 Å². The van der Waals surface area contributed by atoms with Crippen LogP contribution in [0.1, 0.15) is 15.9 Å². The number of carbonyl (C=O) groups is 1. The monoisotopic (exact) mass is 240 g/mol. The highest BCUT2D eigenvalue weighted by atomic mass is 35.5. The zero-order valence-corrected chi connectivity index (χ0v) is 7.99. The van der Waals surface area contributed by atoms with Gasteiger partial charge in [-0.1, -0.05) is 12.1 Å². The Morgan fingerprint density at radius 2 is 1.93 bits per heavy atom. The van der Waals surface area contributed by atoms with Gasteiger partial charge in [0.05, 0.1) is 5.88 Å². The number of halogens is 5. The van der Waals surface area contributed by atoms with E-state index in [9.17, 15) is 22.4 Å². The fourth-order valence-corrected chi connectivity index (χ4v) is 1.26. The largest absolute Gasteiger partial charge is 0.419 e. The summed E-state index contributed by atoms with van der Waals surface area (Å²) in [5, 5.41) is 0. The molecule has 82 valence electrons. The van der Waals surface area contributed by atoms with Crippen LogP contribution in [0.3, 0.4) is 0 Å². The number of hydrogen-bond acceptors (Lipinski definition) is 1. The third-order valence-electron chi connectivity index (χ3n) is 1.72. The van der Waals surface area contributed by atoms with E-state index in [1.54, 1.807) is 0 Å². The van der Waals surface area contributed by atoms with E-state index in [4.69, 9.17) is 11.6 Å². The van der Waals surface area contributed by atoms with Crippen LogP contribution in [0.15, 0.2) is 18.2 Å². The van der Waals surface area contributed by atoms with Gasteiger partial charge >= 0.3 is 6.18 Å². The van der Waals surface area contributed by atoms with Crippen LogP contribution in [-0.4, -0.2) is 11.7 Å². The molecule has 1 aromatic carbocycles. The van der Waals surface area contributed by atoms with E-state index in [1.165, 1.54) is 0 Å². The Morgan fingerprint density at radius 1 is 1.33 bits per heavy atom. The molecule has 15 heavy (non-hydrogen) atoms. The summed E-state index contributed by atoms with van der Waals surface area (Å²) < 4.78 is 50.0. The number of alkyl halides is 4. The average Bonchev–Trinajstić information content (AvgIpc) is 2.14. The maximum Gasteiger partial charge on any atom is 0.419 e. The van der Waals surface area contributed by atoms with E-state index in [2.05, 4.69) is 0 Å². The van der Waals surface area contributed by atoms with E-state index in [1.807, 2.05) is 0 Å². The number of carbonyl (C=O) groups excluding carboxylic acids is 1. The fourth-order valence-electron chi connectivity index (χ4n) is 1.12. The lowest BCUT2D eigenvalue weighted by Crippen LogP contribution is -2.16. The van der Waals surface area contributed by atoms with Crippen LogP contribution in [0.4, 0.5) is 17.6 Å². The third-order valence-corrected chi connectivity index (χ3v) is 1.96. The van der Waals surface area contributed by atoms with Crippen LogP contribution in [0, 0.1) is 5.82 Å². The van der Waals surface area contributed by atoms with Crippen LogP contribution in [0.25, 0.3) is 0 Å². The maximum atomic E-state index is 12.9. The minimum atomic E-state index is -4.90. The van der Waals surface area contributed by atoms with Gasteiger partial charge in [-0.2, -0.15) is 13.2 Å². The molecule has 0 saturated carbocycles. The topological polar surface area (TPSA) is 17.1 Å². The molecule has 0 heterocycles. The van der Waals surface area contributed by atoms with Crippen LogP contribution in [0.2, 0.25) is 0 Å². The minimum absolute atomic E-state index is 0.619. The van der Waals surface area contributed by atoms with Gasteiger partial charge in [-0.3, -0.25) is 4.79 Å². The molecule has 0 aromatic heterocycles. The van der Waals surface area contributed by atoms with Crippen molar-refractivity contribution < 1.29 is 22.4 Å². The summed E-state index contributed by atoms with van der Waals surface area (Å²) in [6.07, 6.45) is -4.90. The van der Waals surface area contributed by atoms with Crippen LogP contribution in [-0.2, 0) is 6.18 Å². The molecule has 0 atom stereocenters. The number of hydrogen-bond donors (Lipinski definition) is 0. The van der Waals surface area contributed by atoms with Gasteiger partial charge in [-0.25, -0.2) is 4.39 Å². The first-order valence-corrected chi connectivity index (χ1v) is 4.36. The Balaban J connectivity index is 3.40. The summed E-state index contributed by atoms with van der Waals surface area (Å²) >= 11 is 5.12. The smallest absolute Gasteiger partial charge is 0.293 e. The molecule has 0 spiro atoms. The molecule has 0 aliphatic carbocycles. The maximum absolute atomic E-state index is 12.9. The number of ketones is 1. The lowest BCUT2D eigenvalue weighted by Gasteiger charge is -2.11. The minimum Gasteiger partial charge on any atom is -0.293 e. The van der Waals surface area contributed by atoms with Crippen LogP contribution < -0.4 is 0 Å². The van der Waals surface area contributed by atoms with Crippen molar-refractivity contribution in [1.82, 2.24) is 0 Å². The second-order valence-electron chi connectivity index (χ2n) is 2.72. The Bertz CT molecular complexity index is 386. The average molecular weight is 241 g/mol. The molecule has 0 N–H and O–H groups in total. The van der Waals surface area contributed by atoms with E-state index in [0.29, 0.717) is 6.07 Å². The molecule has 0 radical (unpaired) electrons. The highest BCUT2D eigenvalue weighted by molar-refractivity contribution is 6.30. The van der Waals surface area contributed by atoms with Crippen molar-refractivity contribution in [3.05, 3.63) is 35.1 Å². The predicted octanol–water partition coefficient (Wildman–Crippen LogP) is 3.27. The molecule has 0 aliphatic heterocycles. The van der Waals surface area contributed by atoms with Crippen LogP contribution in [0.5, 0.6) is 0 Å². The van der Waals surface area contributed by atoms with Gasteiger partial charge in [0, 0.05) is 5.56 Å². The molecule has 0 amide bonds. The molecule has 1 nitrogen and oxygen atoms in total. The zero-order chi connectivity index (χ0) is 11.6. The summed E-state index contributed by atoms with van der Waals surface area (Å²) in [5.41, 5.74) is -2.30. The van der Waals surface area contributed by atoms with Crippen molar-refractivity contribution in [2.45, 2.75) is 6.18 Å². The molecule has 0 saturated heterocycles. The normalized spacial score (nSPS) is 11.5. The Morgan fingerprint density at radius 3 is 2.40 bits per heavy atom. The van der Waals surface area contributed by atoms with Gasteiger partial charge in [0.15, 0.2) is 5.78 Å². The third kappa shape index (κ3) is 2.47. The fraction of sp³-hybridized carbons (Fsp3) is 0.222. The van der Waals surface area contributed by atoms with E-state index >= 15 is 0 Å². The molecule has 0 bridgehead atoms. The predicted molar refractivity (Wildman–Crippen MR) is 46.5 cm³/mol. The SMILES string of the molecule is O=C(CCl)c1cccc(F)c1C(F)(F)F. The van der Waals surface area contributed by atoms with Gasteiger partial charge in [-0.05, 0) is 6.07 Å². The molecule has 6 heteroatoms. The number of Topliss-reactive ketones (excluding diaryl/α,β-unsaturated/α-hetero) is 1. The number of rotatable bonds is 2. The molecule has 0 unspecified atom stereocenters. The summed E-state index contributed by atoms with van der Waals surface area (Å²) in [7, 11) is 0. The zero-order valence-electron chi connectivity index (χ0n) is 7.24. The Kier molecular flexibility index (Phi) is 3.34. The van der Waals surface area contributed by atoms with E-state index in [0.717, 1.165) is 12.1 Å². The van der Waals surface area contributed by atoms with Gasteiger partial charge in [0.1, 0.15) is 11.4 Å². The van der Waals surface area contributed by atoms with Crippen molar-refractivity contribution in [3.8, 4) is 0 Å². The molecule has 0 aliphatic rings. The summed E-state index contributed by atoms with van der Waals surface area (Å²) in [6.45, 7) is 0. The summed E-state index contributed by atoms with van der Waals surface area (Å²) in [5.74, 6) is -3.05. The van der Waals surface area contributed by atoms with Gasteiger partial charge < -0.3 is 0 Å². The Hall–Kier alpha value is -1.10. The Labute approximate surface area is 87.7 Å². The molecule has 1 aromatic rings. The molecular weight excluding hydrogens is 236 g/mol. The summed E-state index contributed by atoms with van der Waals surface area (Å²) in [4.78, 5) is 11.0. The van der Waals surface area contributed by atoms with Gasteiger partial charge in [-0.15, -0.1) is 11.6 Å². The van der Waals surface area contributed by atoms with E-state index in [-0.39, 0.29) is 0 Å².